The summed E-state index contributed by atoms with van der Waals surface area (Å²) in [7, 11) is 0. The normalized spacial score (nSPS) is 15.9. The van der Waals surface area contributed by atoms with Gasteiger partial charge < -0.3 is 20.9 Å². The van der Waals surface area contributed by atoms with E-state index in [2.05, 4.69) is 16.0 Å². The first kappa shape index (κ1) is 27.2. The van der Waals surface area contributed by atoms with Gasteiger partial charge in [-0.2, -0.15) is 0 Å². The zero-order chi connectivity index (χ0) is 25.3. The van der Waals surface area contributed by atoms with E-state index in [0.717, 1.165) is 5.56 Å². The summed E-state index contributed by atoms with van der Waals surface area (Å²) in [6, 6.07) is 3.41. The summed E-state index contributed by atoms with van der Waals surface area (Å²) < 4.78 is 13.7. The maximum atomic E-state index is 13.7. The highest BCUT2D eigenvalue weighted by atomic mass is 19.1. The van der Waals surface area contributed by atoms with Crippen molar-refractivity contribution in [3.63, 3.8) is 0 Å². The van der Waals surface area contributed by atoms with Gasteiger partial charge in [0.15, 0.2) is 5.78 Å². The maximum absolute atomic E-state index is 13.7. The Hall–Kier alpha value is -3.05. The van der Waals surface area contributed by atoms with E-state index in [1.807, 2.05) is 12.3 Å². The number of carbonyl (C=O) groups is 4. The van der Waals surface area contributed by atoms with Crippen LogP contribution in [0.3, 0.4) is 0 Å². The van der Waals surface area contributed by atoms with E-state index < -0.39 is 23.5 Å². The Balaban J connectivity index is 1.91. The molecule has 188 valence electrons. The molecule has 1 fully saturated rings. The number of piperidine rings is 1. The summed E-state index contributed by atoms with van der Waals surface area (Å²) in [5.74, 6) is 4.00. The van der Waals surface area contributed by atoms with Crippen LogP contribution in [0.2, 0.25) is 0 Å². The predicted molar refractivity (Wildman–Crippen MR) is 125 cm³/mol. The lowest BCUT2D eigenvalue weighted by atomic mass is 9.83. The largest absolute Gasteiger partial charge is 0.342 e. The van der Waals surface area contributed by atoms with Gasteiger partial charge in [0, 0.05) is 19.6 Å². The number of hydrazine groups is 1. The van der Waals surface area contributed by atoms with Crippen molar-refractivity contribution in [1.82, 2.24) is 26.3 Å². The highest BCUT2D eigenvalue weighted by molar-refractivity contribution is 5.94. The lowest BCUT2D eigenvalue weighted by molar-refractivity contribution is -0.138. The van der Waals surface area contributed by atoms with Gasteiger partial charge in [0.1, 0.15) is 17.4 Å². The third kappa shape index (κ3) is 7.22. The number of amides is 4. The zero-order valence-electron chi connectivity index (χ0n) is 20.0. The van der Waals surface area contributed by atoms with Gasteiger partial charge in [0.25, 0.3) is 0 Å². The molecular formula is C23H35FN6O4. The molecule has 1 aliphatic rings. The fraction of sp³-hybridized carbons (Fsp3) is 0.565. The molecule has 1 aromatic carbocycles. The Bertz CT molecular complexity index is 901. The fourth-order valence-corrected chi connectivity index (χ4v) is 3.96. The van der Waals surface area contributed by atoms with Crippen molar-refractivity contribution in [2.45, 2.75) is 64.6 Å². The molecule has 0 spiro atoms. The van der Waals surface area contributed by atoms with E-state index in [1.165, 1.54) is 13.0 Å². The number of benzene rings is 1. The quantitative estimate of drug-likeness (QED) is 0.189. The molecule has 10 nitrogen and oxygen atoms in total. The Morgan fingerprint density at radius 3 is 2.44 bits per heavy atom. The van der Waals surface area contributed by atoms with Crippen LogP contribution < -0.4 is 27.2 Å². The van der Waals surface area contributed by atoms with Gasteiger partial charge in [-0.15, -0.1) is 0 Å². The number of rotatable bonds is 10. The molecular weight excluding hydrogens is 443 g/mol. The molecule has 1 aromatic rings. The van der Waals surface area contributed by atoms with E-state index in [9.17, 15) is 23.6 Å². The topological polar surface area (TPSA) is 146 Å². The monoisotopic (exact) mass is 478 g/mol. The summed E-state index contributed by atoms with van der Waals surface area (Å²) in [5.41, 5.74) is 2.13. The first-order chi connectivity index (χ1) is 16.1. The molecule has 1 heterocycles. The van der Waals surface area contributed by atoms with Crippen LogP contribution in [-0.2, 0) is 20.9 Å². The van der Waals surface area contributed by atoms with Crippen LogP contribution in [0.25, 0.3) is 0 Å². The van der Waals surface area contributed by atoms with E-state index in [-0.39, 0.29) is 36.9 Å². The summed E-state index contributed by atoms with van der Waals surface area (Å²) in [6.45, 7) is 6.00. The molecule has 1 saturated heterocycles. The molecule has 0 unspecified atom stereocenters. The number of nitrogens with zero attached hydrogens (tertiary/aromatic N) is 1. The van der Waals surface area contributed by atoms with Crippen LogP contribution in [0.4, 0.5) is 9.18 Å². The van der Waals surface area contributed by atoms with Gasteiger partial charge in [0.05, 0.1) is 6.54 Å². The lowest BCUT2D eigenvalue weighted by Crippen LogP contribution is -2.63. The molecule has 2 rings (SSSR count). The molecule has 1 atom stereocenters. The number of likely N-dealkylation sites (tertiary alicyclic amines) is 1. The number of carbonyl (C=O) groups excluding carboxylic acids is 4. The molecule has 11 heteroatoms. The third-order valence-corrected chi connectivity index (χ3v) is 6.18. The third-order valence-electron chi connectivity index (χ3n) is 6.18. The number of aryl methyl sites for hydroxylation is 1. The van der Waals surface area contributed by atoms with Crippen LogP contribution in [0.1, 0.15) is 50.7 Å². The average molecular weight is 479 g/mol. The first-order valence-corrected chi connectivity index (χ1v) is 11.5. The zero-order valence-corrected chi connectivity index (χ0v) is 20.0. The Kier molecular flexibility index (Phi) is 9.94. The minimum absolute atomic E-state index is 0.0750. The Morgan fingerprint density at radius 2 is 1.88 bits per heavy atom. The van der Waals surface area contributed by atoms with E-state index >= 15 is 0 Å². The molecule has 0 radical (unpaired) electrons. The lowest BCUT2D eigenvalue weighted by Gasteiger charge is -2.41. The summed E-state index contributed by atoms with van der Waals surface area (Å²) in [6.07, 6.45) is 1.56. The van der Waals surface area contributed by atoms with Crippen LogP contribution in [0.5, 0.6) is 0 Å². The van der Waals surface area contributed by atoms with Crippen LogP contribution in [0.15, 0.2) is 18.2 Å². The average Bonchev–Trinajstić information content (AvgIpc) is 2.81. The van der Waals surface area contributed by atoms with Gasteiger partial charge in [0.2, 0.25) is 11.8 Å². The van der Waals surface area contributed by atoms with Gasteiger partial charge in [-0.05, 0) is 50.3 Å². The summed E-state index contributed by atoms with van der Waals surface area (Å²) in [5, 5.41) is 8.33. The SMILES string of the molecule is CCC[C@H](NC(=O)NN)C(=O)NC1(C(C)=O)CCN(C(=O)CNCc2ccc(C)c(F)c2)CC1. The number of nitrogens with two attached hydrogens (primary N) is 1. The Morgan fingerprint density at radius 1 is 1.21 bits per heavy atom. The number of urea groups is 1. The molecule has 6 N–H and O–H groups in total. The van der Waals surface area contributed by atoms with E-state index in [0.29, 0.717) is 38.0 Å². The molecule has 0 aliphatic carbocycles. The number of halogens is 1. The van der Waals surface area contributed by atoms with Crippen LogP contribution >= 0.6 is 0 Å². The molecule has 0 saturated carbocycles. The predicted octanol–water partition coefficient (Wildman–Crippen LogP) is 0.632. The smallest absolute Gasteiger partial charge is 0.329 e. The van der Waals surface area contributed by atoms with Crippen molar-refractivity contribution in [1.29, 1.82) is 0 Å². The molecule has 34 heavy (non-hydrogen) atoms. The van der Waals surface area contributed by atoms with Crippen LogP contribution in [0, 0.1) is 12.7 Å². The van der Waals surface area contributed by atoms with Gasteiger partial charge in [-0.25, -0.2) is 15.0 Å². The van der Waals surface area contributed by atoms with Gasteiger partial charge in [-0.1, -0.05) is 25.5 Å². The number of nitrogens with one attached hydrogen (secondary N) is 4. The standard InChI is InChI=1S/C23H35FN6O4/c1-4-5-19(27-22(34)29-25)21(33)28-23(16(3)31)8-10-30(11-9-23)20(32)14-26-13-17-7-6-15(2)18(24)12-17/h6-7,12,19,26H,4-5,8-11,13-14,25H2,1-3H3,(H,28,33)(H2,27,29,34)/t19-/m0/s1. The van der Waals surface area contributed by atoms with Crippen LogP contribution in [-0.4, -0.2) is 59.7 Å². The molecule has 0 bridgehead atoms. The second-order valence-electron chi connectivity index (χ2n) is 8.65. The van der Waals surface area contributed by atoms with Crippen molar-refractivity contribution in [2.24, 2.45) is 5.84 Å². The van der Waals surface area contributed by atoms with E-state index in [1.54, 1.807) is 24.0 Å². The number of hydrogen-bond acceptors (Lipinski definition) is 6. The van der Waals surface area contributed by atoms with Crippen molar-refractivity contribution in [3.8, 4) is 0 Å². The fourth-order valence-electron chi connectivity index (χ4n) is 3.96. The molecule has 4 amide bonds. The second kappa shape index (κ2) is 12.4. The maximum Gasteiger partial charge on any atom is 0.329 e. The number of hydrogen-bond donors (Lipinski definition) is 5. The Labute approximate surface area is 199 Å². The summed E-state index contributed by atoms with van der Waals surface area (Å²) >= 11 is 0. The van der Waals surface area contributed by atoms with Crippen molar-refractivity contribution >= 4 is 23.6 Å². The van der Waals surface area contributed by atoms with E-state index in [4.69, 9.17) is 5.84 Å². The van der Waals surface area contributed by atoms with Gasteiger partial charge in [-0.3, -0.25) is 19.8 Å². The van der Waals surface area contributed by atoms with Gasteiger partial charge >= 0.3 is 6.03 Å². The second-order valence-corrected chi connectivity index (χ2v) is 8.65. The minimum Gasteiger partial charge on any atom is -0.342 e. The highest BCUT2D eigenvalue weighted by Crippen LogP contribution is 2.24. The van der Waals surface area contributed by atoms with Crippen molar-refractivity contribution < 1.29 is 23.6 Å². The van der Waals surface area contributed by atoms with Crippen molar-refractivity contribution in [2.75, 3.05) is 19.6 Å². The highest BCUT2D eigenvalue weighted by Gasteiger charge is 2.42. The number of ketones is 1. The molecule has 0 aromatic heterocycles. The number of Topliss-reactive ketones (excluding diaryl/α,β-unsaturated/α-hetero) is 1. The first-order valence-electron chi connectivity index (χ1n) is 11.5. The van der Waals surface area contributed by atoms with Crippen molar-refractivity contribution in [3.05, 3.63) is 35.1 Å². The minimum atomic E-state index is -1.10. The molecule has 1 aliphatic heterocycles. The summed E-state index contributed by atoms with van der Waals surface area (Å²) in [4.78, 5) is 51.1.